The standard InChI is InChI=1S/C52H42/c1-3-15-35(16-4-1)37-27-31-39(32-28-37)49-41-19-7-11-23-45(41)51(46-24-12-8-20-42(46)49)52-47-25-13-9-21-43(47)50(44-22-10-14-26-48(44)52)40-33-29-38(30-34-40)36-17-5-2-6-18-36/h1,3-5,7-27,29-34,37,41,45,49,51H,2,6,28H2/t37?,41?,45?,49?,51-/m0/s1. The summed E-state index contributed by atoms with van der Waals surface area (Å²) in [6, 6.07) is 48.0. The highest BCUT2D eigenvalue weighted by Crippen LogP contribution is 2.57. The first-order valence-corrected chi connectivity index (χ1v) is 19.1. The number of fused-ring (bicyclic) bond motifs is 4. The number of hydrogen-bond acceptors (Lipinski definition) is 0. The first-order chi connectivity index (χ1) is 25.8. The molecule has 0 spiro atoms. The third-order valence-corrected chi connectivity index (χ3v) is 12.2. The van der Waals surface area contributed by atoms with E-state index < -0.39 is 0 Å². The zero-order valence-corrected chi connectivity index (χ0v) is 29.4. The summed E-state index contributed by atoms with van der Waals surface area (Å²) in [6.07, 6.45) is 27.3. The number of rotatable bonds is 5. The second kappa shape index (κ2) is 13.1. The minimum atomic E-state index is 0.222. The van der Waals surface area contributed by atoms with Crippen molar-refractivity contribution in [1.29, 1.82) is 0 Å². The quantitative estimate of drug-likeness (QED) is 0.161. The topological polar surface area (TPSA) is 0 Å². The lowest BCUT2D eigenvalue weighted by atomic mass is 9.58. The van der Waals surface area contributed by atoms with Crippen molar-refractivity contribution in [3.05, 3.63) is 222 Å². The smallest absolute Gasteiger partial charge is 0.0173 e. The molecule has 0 N–H and O–H groups in total. The maximum atomic E-state index is 2.54. The van der Waals surface area contributed by atoms with Crippen molar-refractivity contribution in [2.45, 2.75) is 37.0 Å². The Labute approximate surface area is 307 Å². The Morgan fingerprint density at radius 3 is 1.69 bits per heavy atom. The second-order valence-electron chi connectivity index (χ2n) is 14.9. The van der Waals surface area contributed by atoms with Crippen LogP contribution in [0.2, 0.25) is 0 Å². The van der Waals surface area contributed by atoms with Crippen molar-refractivity contribution < 1.29 is 0 Å². The summed E-state index contributed by atoms with van der Waals surface area (Å²) in [4.78, 5) is 0. The van der Waals surface area contributed by atoms with Gasteiger partial charge in [-0.3, -0.25) is 0 Å². The summed E-state index contributed by atoms with van der Waals surface area (Å²) in [6.45, 7) is 0. The van der Waals surface area contributed by atoms with E-state index in [0.29, 0.717) is 23.7 Å². The van der Waals surface area contributed by atoms with Crippen LogP contribution in [0.15, 0.2) is 194 Å². The van der Waals surface area contributed by atoms with Crippen LogP contribution in [0.1, 0.15) is 64.8 Å². The van der Waals surface area contributed by atoms with Gasteiger partial charge in [0, 0.05) is 17.8 Å². The Bertz CT molecular complexity index is 2440. The summed E-state index contributed by atoms with van der Waals surface area (Å²) in [7, 11) is 0. The molecule has 0 aliphatic heterocycles. The van der Waals surface area contributed by atoms with Gasteiger partial charge in [-0.15, -0.1) is 0 Å². The zero-order chi connectivity index (χ0) is 34.4. The van der Waals surface area contributed by atoms with Gasteiger partial charge in [0.1, 0.15) is 0 Å². The average molecular weight is 667 g/mol. The fraction of sp³-hybridized carbons (Fsp3) is 0.154. The van der Waals surface area contributed by atoms with E-state index in [1.165, 1.54) is 71.6 Å². The zero-order valence-electron chi connectivity index (χ0n) is 29.4. The molecule has 0 fully saturated rings. The Morgan fingerprint density at radius 2 is 1.06 bits per heavy atom. The van der Waals surface area contributed by atoms with Crippen molar-refractivity contribution in [2.75, 3.05) is 0 Å². The van der Waals surface area contributed by atoms with E-state index in [1.54, 1.807) is 0 Å². The minimum absolute atomic E-state index is 0.222. The highest BCUT2D eigenvalue weighted by Gasteiger charge is 2.44. The predicted molar refractivity (Wildman–Crippen MR) is 221 cm³/mol. The molecule has 4 aliphatic carbocycles. The molecule has 0 amide bonds. The molecule has 0 bridgehead atoms. The third kappa shape index (κ3) is 5.20. The molecule has 0 heteroatoms. The maximum Gasteiger partial charge on any atom is 0.0173 e. The highest BCUT2D eigenvalue weighted by molar-refractivity contribution is 6.15. The number of allylic oxidation sites excluding steroid dienone is 12. The first kappa shape index (κ1) is 31.1. The van der Waals surface area contributed by atoms with Crippen LogP contribution in [0.25, 0.3) is 38.2 Å². The van der Waals surface area contributed by atoms with Crippen LogP contribution in [0, 0.1) is 11.8 Å². The molecule has 6 aromatic carbocycles. The van der Waals surface area contributed by atoms with E-state index in [-0.39, 0.29) is 5.92 Å². The van der Waals surface area contributed by atoms with E-state index in [4.69, 9.17) is 0 Å². The summed E-state index contributed by atoms with van der Waals surface area (Å²) in [5.74, 6) is 1.67. The van der Waals surface area contributed by atoms with Crippen molar-refractivity contribution in [2.24, 2.45) is 11.8 Å². The van der Waals surface area contributed by atoms with E-state index in [2.05, 4.69) is 188 Å². The molecule has 4 aliphatic rings. The van der Waals surface area contributed by atoms with E-state index in [1.807, 2.05) is 0 Å². The molecule has 0 aromatic heterocycles. The molecule has 0 saturated heterocycles. The second-order valence-corrected chi connectivity index (χ2v) is 14.9. The van der Waals surface area contributed by atoms with Crippen LogP contribution in [-0.4, -0.2) is 0 Å². The normalized spacial score (nSPS) is 23.3. The molecular weight excluding hydrogens is 625 g/mol. The van der Waals surface area contributed by atoms with Crippen molar-refractivity contribution in [3.8, 4) is 11.1 Å². The molecule has 0 heterocycles. The average Bonchev–Trinajstić information content (AvgIpc) is 3.23. The van der Waals surface area contributed by atoms with Gasteiger partial charge < -0.3 is 0 Å². The van der Waals surface area contributed by atoms with Gasteiger partial charge in [-0.05, 0) is 103 Å². The number of hydrogen-bond donors (Lipinski definition) is 0. The van der Waals surface area contributed by atoms with Gasteiger partial charge in [-0.25, -0.2) is 0 Å². The number of benzene rings is 6. The van der Waals surface area contributed by atoms with Gasteiger partial charge in [0.2, 0.25) is 0 Å². The molecule has 5 atom stereocenters. The summed E-state index contributed by atoms with van der Waals surface area (Å²) in [5.41, 5.74) is 12.5. The van der Waals surface area contributed by atoms with Gasteiger partial charge in [0.25, 0.3) is 0 Å². The van der Waals surface area contributed by atoms with E-state index in [0.717, 1.165) is 19.3 Å². The molecule has 0 nitrogen and oxygen atoms in total. The fourth-order valence-corrected chi connectivity index (χ4v) is 9.83. The molecule has 0 radical (unpaired) electrons. The lowest BCUT2D eigenvalue weighted by molar-refractivity contribution is 0.361. The van der Waals surface area contributed by atoms with Gasteiger partial charge in [0.15, 0.2) is 0 Å². The molecule has 4 unspecified atom stereocenters. The molecule has 52 heavy (non-hydrogen) atoms. The highest BCUT2D eigenvalue weighted by atomic mass is 14.5. The first-order valence-electron chi connectivity index (χ1n) is 19.1. The van der Waals surface area contributed by atoms with Crippen molar-refractivity contribution in [3.63, 3.8) is 0 Å². The maximum absolute atomic E-state index is 2.54. The van der Waals surface area contributed by atoms with Crippen molar-refractivity contribution >= 4 is 27.1 Å². The van der Waals surface area contributed by atoms with Crippen molar-refractivity contribution in [1.82, 2.24) is 0 Å². The molecule has 10 rings (SSSR count). The Morgan fingerprint density at radius 1 is 0.462 bits per heavy atom. The van der Waals surface area contributed by atoms with Gasteiger partial charge >= 0.3 is 0 Å². The van der Waals surface area contributed by atoms with Gasteiger partial charge in [-0.2, -0.15) is 0 Å². The predicted octanol–water partition coefficient (Wildman–Crippen LogP) is 13.7. The lowest BCUT2D eigenvalue weighted by Gasteiger charge is -2.45. The van der Waals surface area contributed by atoms with Gasteiger partial charge in [-0.1, -0.05) is 188 Å². The Balaban J connectivity index is 1.13. The van der Waals surface area contributed by atoms with Crippen LogP contribution in [0.4, 0.5) is 0 Å². The third-order valence-electron chi connectivity index (χ3n) is 12.2. The van der Waals surface area contributed by atoms with E-state index in [9.17, 15) is 0 Å². The lowest BCUT2D eigenvalue weighted by Crippen LogP contribution is -2.34. The van der Waals surface area contributed by atoms with Crippen LogP contribution in [-0.2, 0) is 0 Å². The summed E-state index contributed by atoms with van der Waals surface area (Å²) >= 11 is 0. The molecular formula is C52H42. The SMILES string of the molecule is C1=CC2C(C3=CCC(c4ccccc4)C=C3)c3ccccc3[C@@H](c3c4ccccc4c(-c4ccc(C5=CCCC=C5)cc4)c4ccccc34)C2C=C1. The molecule has 0 saturated carbocycles. The van der Waals surface area contributed by atoms with Crippen LogP contribution < -0.4 is 0 Å². The van der Waals surface area contributed by atoms with Crippen LogP contribution >= 0.6 is 0 Å². The monoisotopic (exact) mass is 666 g/mol. The van der Waals surface area contributed by atoms with Crippen LogP contribution in [0.3, 0.4) is 0 Å². The minimum Gasteiger partial charge on any atom is -0.0836 e. The Kier molecular flexibility index (Phi) is 7.83. The van der Waals surface area contributed by atoms with Crippen LogP contribution in [0.5, 0.6) is 0 Å². The summed E-state index contributed by atoms with van der Waals surface area (Å²) in [5, 5.41) is 5.38. The molecule has 6 aromatic rings. The fourth-order valence-electron chi connectivity index (χ4n) is 9.83. The van der Waals surface area contributed by atoms with Gasteiger partial charge in [0.05, 0.1) is 0 Å². The Hall–Kier alpha value is -5.72. The molecule has 250 valence electrons. The largest absolute Gasteiger partial charge is 0.0836 e. The van der Waals surface area contributed by atoms with E-state index >= 15 is 0 Å². The summed E-state index contributed by atoms with van der Waals surface area (Å²) < 4.78 is 0.